The average molecular weight is 237 g/mol. The number of hydrogen-bond donors (Lipinski definition) is 0. The largest absolute Gasteiger partial charge is 0.497 e. The second kappa shape index (κ2) is 5.16. The van der Waals surface area contributed by atoms with Crippen molar-refractivity contribution in [1.82, 2.24) is 0 Å². The summed E-state index contributed by atoms with van der Waals surface area (Å²) in [5.41, 5.74) is 0.259. The molecule has 1 rings (SSSR count). The number of methoxy groups -OCH3 is 2. The lowest BCUT2D eigenvalue weighted by Crippen LogP contribution is -2.04. The first-order valence-electron chi connectivity index (χ1n) is 4.24. The maximum Gasteiger partial charge on any atom is 0.258 e. The van der Waals surface area contributed by atoms with Crippen molar-refractivity contribution in [3.05, 3.63) is 23.8 Å². The highest BCUT2D eigenvalue weighted by atomic mass is 35.5. The van der Waals surface area contributed by atoms with Crippen molar-refractivity contribution in [1.29, 1.82) is 0 Å². The summed E-state index contributed by atoms with van der Waals surface area (Å²) in [6.45, 7) is 0. The van der Waals surface area contributed by atoms with Crippen LogP contribution in [0.4, 0.5) is 8.78 Å². The molecule has 0 fully saturated rings. The lowest BCUT2D eigenvalue weighted by Gasteiger charge is -2.14. The Kier molecular flexibility index (Phi) is 4.15. The third-order valence-corrected chi connectivity index (χ3v) is 2.38. The van der Waals surface area contributed by atoms with E-state index in [1.165, 1.54) is 26.4 Å². The van der Waals surface area contributed by atoms with Gasteiger partial charge in [-0.3, -0.25) is 0 Å². The molecule has 0 spiro atoms. The van der Waals surface area contributed by atoms with Gasteiger partial charge in [0, 0.05) is 11.6 Å². The van der Waals surface area contributed by atoms with Gasteiger partial charge in [-0.25, -0.2) is 8.78 Å². The minimum Gasteiger partial charge on any atom is -0.497 e. The van der Waals surface area contributed by atoms with Crippen molar-refractivity contribution in [3.8, 4) is 11.5 Å². The molecule has 1 aromatic carbocycles. The fraction of sp³-hybridized carbons (Fsp3) is 0.400. The molecular formula is C10H11ClF2O2. The zero-order valence-electron chi connectivity index (χ0n) is 8.34. The number of rotatable bonds is 4. The Morgan fingerprint density at radius 3 is 2.33 bits per heavy atom. The van der Waals surface area contributed by atoms with E-state index in [0.717, 1.165) is 0 Å². The maximum absolute atomic E-state index is 12.4. The van der Waals surface area contributed by atoms with Gasteiger partial charge in [0.1, 0.15) is 16.9 Å². The summed E-state index contributed by atoms with van der Waals surface area (Å²) >= 11 is 5.55. The van der Waals surface area contributed by atoms with Crippen LogP contribution >= 0.6 is 11.6 Å². The summed E-state index contributed by atoms with van der Waals surface area (Å²) in [6.07, 6.45) is -2.63. The molecule has 0 N–H and O–H groups in total. The maximum atomic E-state index is 12.4. The van der Waals surface area contributed by atoms with Crippen molar-refractivity contribution in [2.24, 2.45) is 0 Å². The average Bonchev–Trinajstić information content (AvgIpc) is 2.27. The summed E-state index contributed by atoms with van der Waals surface area (Å²) in [7, 11) is 2.88. The molecule has 0 amide bonds. The van der Waals surface area contributed by atoms with Gasteiger partial charge in [0.2, 0.25) is 0 Å². The Labute approximate surface area is 91.8 Å². The molecule has 0 saturated heterocycles. The van der Waals surface area contributed by atoms with E-state index in [1.807, 2.05) is 0 Å². The Balaban J connectivity index is 3.07. The fourth-order valence-corrected chi connectivity index (χ4v) is 1.36. The Morgan fingerprint density at radius 1 is 1.20 bits per heavy atom. The molecule has 0 bridgehead atoms. The van der Waals surface area contributed by atoms with Gasteiger partial charge in [-0.15, -0.1) is 11.6 Å². The molecule has 0 heterocycles. The van der Waals surface area contributed by atoms with Crippen LogP contribution in [0.25, 0.3) is 0 Å². The molecule has 1 atom stereocenters. The van der Waals surface area contributed by atoms with Crippen LogP contribution in [-0.2, 0) is 0 Å². The lowest BCUT2D eigenvalue weighted by molar-refractivity contribution is 0.141. The molecular weight excluding hydrogens is 226 g/mol. The van der Waals surface area contributed by atoms with Gasteiger partial charge in [-0.05, 0) is 12.1 Å². The Hall–Kier alpha value is -1.03. The molecule has 15 heavy (non-hydrogen) atoms. The molecule has 5 heteroatoms. The zero-order chi connectivity index (χ0) is 11.4. The highest BCUT2D eigenvalue weighted by Crippen LogP contribution is 2.36. The van der Waals surface area contributed by atoms with Crippen molar-refractivity contribution < 1.29 is 18.3 Å². The summed E-state index contributed by atoms with van der Waals surface area (Å²) in [5, 5.41) is -1.37. The minimum absolute atomic E-state index is 0.259. The Bertz CT molecular complexity index is 331. The van der Waals surface area contributed by atoms with Crippen LogP contribution in [0.5, 0.6) is 11.5 Å². The number of benzene rings is 1. The standard InChI is InChI=1S/C10H11ClF2O2/c1-14-6-3-4-7(8(5-6)15-2)9(11)10(12)13/h3-5,9-10H,1-2H3. The molecule has 1 unspecified atom stereocenters. The number of halogens is 3. The van der Waals surface area contributed by atoms with Crippen LogP contribution in [0.1, 0.15) is 10.9 Å². The van der Waals surface area contributed by atoms with Crippen molar-refractivity contribution in [2.75, 3.05) is 14.2 Å². The van der Waals surface area contributed by atoms with Crippen LogP contribution in [0, 0.1) is 0 Å². The highest BCUT2D eigenvalue weighted by molar-refractivity contribution is 6.21. The molecule has 84 valence electrons. The molecule has 0 aromatic heterocycles. The van der Waals surface area contributed by atoms with Gasteiger partial charge in [0.25, 0.3) is 6.43 Å². The predicted octanol–water partition coefficient (Wildman–Crippen LogP) is 3.25. The van der Waals surface area contributed by atoms with Gasteiger partial charge >= 0.3 is 0 Å². The fourth-order valence-electron chi connectivity index (χ4n) is 1.18. The van der Waals surface area contributed by atoms with Crippen LogP contribution < -0.4 is 9.47 Å². The second-order valence-electron chi connectivity index (χ2n) is 2.84. The monoisotopic (exact) mass is 236 g/mol. The third kappa shape index (κ3) is 2.72. The van der Waals surface area contributed by atoms with E-state index in [1.54, 1.807) is 6.07 Å². The topological polar surface area (TPSA) is 18.5 Å². The van der Waals surface area contributed by atoms with E-state index in [2.05, 4.69) is 0 Å². The second-order valence-corrected chi connectivity index (χ2v) is 3.31. The van der Waals surface area contributed by atoms with Gasteiger partial charge in [-0.1, -0.05) is 0 Å². The van der Waals surface area contributed by atoms with Crippen LogP contribution in [0.15, 0.2) is 18.2 Å². The van der Waals surface area contributed by atoms with Crippen LogP contribution in [-0.4, -0.2) is 20.6 Å². The van der Waals surface area contributed by atoms with E-state index >= 15 is 0 Å². The van der Waals surface area contributed by atoms with Gasteiger partial charge < -0.3 is 9.47 Å². The number of hydrogen-bond acceptors (Lipinski definition) is 2. The van der Waals surface area contributed by atoms with E-state index in [0.29, 0.717) is 11.5 Å². The molecule has 0 aliphatic heterocycles. The Morgan fingerprint density at radius 2 is 1.87 bits per heavy atom. The van der Waals surface area contributed by atoms with Gasteiger partial charge in [-0.2, -0.15) is 0 Å². The van der Waals surface area contributed by atoms with Crippen molar-refractivity contribution >= 4 is 11.6 Å². The first-order chi connectivity index (χ1) is 7.10. The summed E-state index contributed by atoms with van der Waals surface area (Å²) in [6, 6.07) is 4.56. The summed E-state index contributed by atoms with van der Waals surface area (Å²) < 4.78 is 34.7. The molecule has 0 radical (unpaired) electrons. The number of alkyl halides is 3. The third-order valence-electron chi connectivity index (χ3n) is 1.96. The first kappa shape index (κ1) is 12.0. The van der Waals surface area contributed by atoms with Crippen molar-refractivity contribution in [2.45, 2.75) is 11.8 Å². The lowest BCUT2D eigenvalue weighted by atomic mass is 10.1. The SMILES string of the molecule is COc1ccc(C(Cl)C(F)F)c(OC)c1. The van der Waals surface area contributed by atoms with E-state index < -0.39 is 11.8 Å². The van der Waals surface area contributed by atoms with E-state index in [9.17, 15) is 8.78 Å². The molecule has 0 saturated carbocycles. The van der Waals surface area contributed by atoms with Gasteiger partial charge in [0.15, 0.2) is 0 Å². The number of ether oxygens (including phenoxy) is 2. The van der Waals surface area contributed by atoms with Crippen LogP contribution in [0.2, 0.25) is 0 Å². The molecule has 0 aliphatic carbocycles. The summed E-state index contributed by atoms with van der Waals surface area (Å²) in [5.74, 6) is 0.836. The normalized spacial score (nSPS) is 12.7. The highest BCUT2D eigenvalue weighted by Gasteiger charge is 2.23. The van der Waals surface area contributed by atoms with Gasteiger partial charge in [0.05, 0.1) is 14.2 Å². The first-order valence-corrected chi connectivity index (χ1v) is 4.68. The summed E-state index contributed by atoms with van der Waals surface area (Å²) in [4.78, 5) is 0. The smallest absolute Gasteiger partial charge is 0.258 e. The quantitative estimate of drug-likeness (QED) is 0.747. The predicted molar refractivity (Wildman–Crippen MR) is 54.1 cm³/mol. The van der Waals surface area contributed by atoms with Crippen molar-refractivity contribution in [3.63, 3.8) is 0 Å². The van der Waals surface area contributed by atoms with E-state index in [-0.39, 0.29) is 5.56 Å². The molecule has 1 aromatic rings. The molecule has 2 nitrogen and oxygen atoms in total. The van der Waals surface area contributed by atoms with E-state index in [4.69, 9.17) is 21.1 Å². The van der Waals surface area contributed by atoms with Crippen LogP contribution in [0.3, 0.4) is 0 Å². The zero-order valence-corrected chi connectivity index (χ0v) is 9.09. The molecule has 0 aliphatic rings. The minimum atomic E-state index is -2.63.